The lowest BCUT2D eigenvalue weighted by molar-refractivity contribution is 0.630. The highest BCUT2D eigenvalue weighted by Gasteiger charge is 2.26. The Morgan fingerprint density at radius 3 is 0.986 bits per heavy atom. The average Bonchev–Trinajstić information content (AvgIpc) is 4.13. The molecule has 0 aliphatic carbocycles. The molecule has 69 heavy (non-hydrogen) atoms. The van der Waals surface area contributed by atoms with Crippen molar-refractivity contribution >= 4 is 87.2 Å². The molecule has 4 aromatic heterocycles. The van der Waals surface area contributed by atoms with Crippen LogP contribution in [0, 0.1) is 28.5 Å². The van der Waals surface area contributed by atoms with Crippen LogP contribution in [0.5, 0.6) is 0 Å². The molecule has 0 amide bonds. The average molecular weight is 883 g/mol. The van der Waals surface area contributed by atoms with E-state index in [1.807, 2.05) is 36.4 Å². The van der Waals surface area contributed by atoms with Crippen LogP contribution < -0.4 is 0 Å². The van der Waals surface area contributed by atoms with Crippen molar-refractivity contribution in [2.45, 2.75) is 0 Å². The zero-order valence-electron chi connectivity index (χ0n) is 36.8. The molecule has 0 aliphatic heterocycles. The maximum Gasteiger partial charge on any atom is 0.132 e. The second-order valence-electron chi connectivity index (χ2n) is 17.7. The number of nitriles is 2. The Bertz CT molecular complexity index is 4240. The van der Waals surface area contributed by atoms with E-state index < -0.39 is 5.82 Å². The van der Waals surface area contributed by atoms with Crippen LogP contribution in [0.4, 0.5) is 4.39 Å². The van der Waals surface area contributed by atoms with Gasteiger partial charge in [-0.15, -0.1) is 0 Å². The zero-order valence-corrected chi connectivity index (χ0v) is 36.8. The molecule has 0 unspecified atom stereocenters. The summed E-state index contributed by atoms with van der Waals surface area (Å²) in [5.74, 6) is -0.542. The molecule has 0 N–H and O–H groups in total. The van der Waals surface area contributed by atoms with E-state index in [9.17, 15) is 10.5 Å². The number of rotatable bonds is 5. The molecule has 0 radical (unpaired) electrons. The minimum atomic E-state index is -0.542. The molecule has 14 rings (SSSR count). The number of halogens is 1. The molecule has 0 aliphatic rings. The van der Waals surface area contributed by atoms with Crippen molar-refractivity contribution in [3.63, 3.8) is 0 Å². The highest BCUT2D eigenvalue weighted by atomic mass is 19.1. The first-order valence-electron chi connectivity index (χ1n) is 22.9. The number of para-hydroxylation sites is 6. The highest BCUT2D eigenvalue weighted by Crippen LogP contribution is 2.45. The van der Waals surface area contributed by atoms with Gasteiger partial charge in [-0.3, -0.25) is 0 Å². The Morgan fingerprint density at radius 2 is 0.638 bits per heavy atom. The minimum absolute atomic E-state index is 0.216. The van der Waals surface area contributed by atoms with E-state index >= 15 is 4.39 Å². The van der Waals surface area contributed by atoms with Crippen LogP contribution in [0.3, 0.4) is 0 Å². The molecule has 0 saturated heterocycles. The maximum absolute atomic E-state index is 17.3. The van der Waals surface area contributed by atoms with Gasteiger partial charge in [0.25, 0.3) is 0 Å². The molecule has 7 heteroatoms. The largest absolute Gasteiger partial charge is 0.309 e. The van der Waals surface area contributed by atoms with Crippen molar-refractivity contribution in [1.82, 2.24) is 18.3 Å². The fourth-order valence-electron chi connectivity index (χ4n) is 11.2. The number of benzene rings is 10. The van der Waals surface area contributed by atoms with Crippen molar-refractivity contribution in [3.8, 4) is 46.0 Å². The molecule has 0 atom stereocenters. The zero-order chi connectivity index (χ0) is 45.9. The molecular formula is C62H35FN6. The van der Waals surface area contributed by atoms with Crippen LogP contribution in [-0.2, 0) is 0 Å². The first-order chi connectivity index (χ1) is 34.1. The van der Waals surface area contributed by atoms with E-state index in [0.717, 1.165) is 98.6 Å². The van der Waals surface area contributed by atoms with Gasteiger partial charge in [0.2, 0.25) is 0 Å². The summed E-state index contributed by atoms with van der Waals surface area (Å²) in [6.07, 6.45) is 0. The van der Waals surface area contributed by atoms with E-state index in [1.165, 1.54) is 6.07 Å². The van der Waals surface area contributed by atoms with Crippen molar-refractivity contribution in [2.75, 3.05) is 0 Å². The normalized spacial score (nSPS) is 11.8. The van der Waals surface area contributed by atoms with Crippen LogP contribution in [0.25, 0.3) is 121 Å². The molecule has 0 fully saturated rings. The second-order valence-corrected chi connectivity index (χ2v) is 17.7. The summed E-state index contributed by atoms with van der Waals surface area (Å²) in [5.41, 5.74) is 12.6. The van der Waals surface area contributed by atoms with Crippen LogP contribution in [0.2, 0.25) is 0 Å². The van der Waals surface area contributed by atoms with Crippen molar-refractivity contribution in [3.05, 3.63) is 229 Å². The van der Waals surface area contributed by atoms with Gasteiger partial charge in [-0.2, -0.15) is 10.5 Å². The number of nitrogens with zero attached hydrogens (tertiary/aromatic N) is 6. The smallest absolute Gasteiger partial charge is 0.132 e. The molecule has 6 nitrogen and oxygen atoms in total. The Kier molecular flexibility index (Phi) is 8.19. The molecular weight excluding hydrogens is 848 g/mol. The van der Waals surface area contributed by atoms with Gasteiger partial charge in [-0.25, -0.2) is 4.39 Å². The fraction of sp³-hybridized carbons (Fsp3) is 0. The van der Waals surface area contributed by atoms with Gasteiger partial charge in [0.15, 0.2) is 0 Å². The summed E-state index contributed by atoms with van der Waals surface area (Å²) in [4.78, 5) is 0. The van der Waals surface area contributed by atoms with Crippen molar-refractivity contribution in [2.24, 2.45) is 0 Å². The summed E-state index contributed by atoms with van der Waals surface area (Å²) in [7, 11) is 0. The van der Waals surface area contributed by atoms with Gasteiger partial charge >= 0.3 is 0 Å². The molecule has 0 bridgehead atoms. The number of fused-ring (bicyclic) bond motifs is 12. The highest BCUT2D eigenvalue weighted by molar-refractivity contribution is 6.15. The third-order valence-corrected chi connectivity index (χ3v) is 14.1. The molecule has 10 aromatic carbocycles. The third kappa shape index (κ3) is 5.50. The van der Waals surface area contributed by atoms with Crippen LogP contribution in [0.15, 0.2) is 212 Å². The van der Waals surface area contributed by atoms with Crippen molar-refractivity contribution < 1.29 is 4.39 Å². The summed E-state index contributed by atoms with van der Waals surface area (Å²) in [6.45, 7) is 0. The Hall–Kier alpha value is -9.69. The fourth-order valence-corrected chi connectivity index (χ4v) is 11.2. The van der Waals surface area contributed by atoms with E-state index in [4.69, 9.17) is 0 Å². The SMILES string of the molecule is N#Cc1ccc(-c2c(-n3c4ccccc4c4ccc(-n5c6ccccc6c6ccccc65)cc43)cc(C#N)cc2-n2c3ccccc3c3ccc(-n4c5ccccc5c5ccccc54)cc32)c(F)c1. The molecule has 320 valence electrons. The summed E-state index contributed by atoms with van der Waals surface area (Å²) in [5, 5.41) is 29.8. The van der Waals surface area contributed by atoms with Crippen LogP contribution in [0.1, 0.15) is 11.1 Å². The molecule has 0 saturated carbocycles. The number of hydrogen-bond donors (Lipinski definition) is 0. The van der Waals surface area contributed by atoms with Crippen molar-refractivity contribution in [1.29, 1.82) is 10.5 Å². The third-order valence-electron chi connectivity index (χ3n) is 14.1. The van der Waals surface area contributed by atoms with E-state index in [-0.39, 0.29) is 5.56 Å². The lowest BCUT2D eigenvalue weighted by Crippen LogP contribution is -2.06. The standard InChI is InChI=1S/C62H35FN6/c63-51-31-38(36-64)25-28-50(51)62-60(68-56-23-11-5-17-46(56)48-29-26-40(34-58(48)68)66-52-19-7-1-13-42(52)43-14-2-8-20-53(43)66)32-39(37-65)33-61(62)69-57-24-12-6-18-47(57)49-30-27-41(35-59(49)69)67-54-21-9-3-15-44(54)45-16-4-10-22-55(45)67/h1-35H. The molecule has 14 aromatic rings. The van der Waals surface area contributed by atoms with Gasteiger partial charge < -0.3 is 18.3 Å². The first kappa shape index (κ1) is 38.6. The van der Waals surface area contributed by atoms with Gasteiger partial charge in [0.05, 0.1) is 78.8 Å². The molecule has 0 spiro atoms. The Balaban J connectivity index is 1.12. The van der Waals surface area contributed by atoms with Crippen LogP contribution in [-0.4, -0.2) is 18.3 Å². The summed E-state index contributed by atoms with van der Waals surface area (Å²) < 4.78 is 26.2. The predicted molar refractivity (Wildman–Crippen MR) is 279 cm³/mol. The first-order valence-corrected chi connectivity index (χ1v) is 22.9. The van der Waals surface area contributed by atoms with E-state index in [0.29, 0.717) is 28.1 Å². The predicted octanol–water partition coefficient (Wildman–Crippen LogP) is 15.6. The lowest BCUT2D eigenvalue weighted by atomic mass is 9.96. The number of aromatic nitrogens is 4. The maximum atomic E-state index is 17.3. The Morgan fingerprint density at radius 1 is 0.304 bits per heavy atom. The quantitative estimate of drug-likeness (QED) is 0.173. The number of hydrogen-bond acceptors (Lipinski definition) is 2. The monoisotopic (exact) mass is 882 g/mol. The van der Waals surface area contributed by atoms with E-state index in [2.05, 4.69) is 188 Å². The van der Waals surface area contributed by atoms with Gasteiger partial charge in [-0.05, 0) is 91.0 Å². The summed E-state index contributed by atoms with van der Waals surface area (Å²) >= 11 is 0. The minimum Gasteiger partial charge on any atom is -0.309 e. The topological polar surface area (TPSA) is 67.3 Å². The van der Waals surface area contributed by atoms with E-state index in [1.54, 1.807) is 12.1 Å². The Labute approximate surface area is 394 Å². The van der Waals surface area contributed by atoms with Crippen LogP contribution >= 0.6 is 0 Å². The van der Waals surface area contributed by atoms with Gasteiger partial charge in [-0.1, -0.05) is 121 Å². The molecule has 4 heterocycles. The summed E-state index contributed by atoms with van der Waals surface area (Å²) in [6, 6.07) is 76.6. The lowest BCUT2D eigenvalue weighted by Gasteiger charge is -2.21. The second kappa shape index (κ2) is 14.7. The van der Waals surface area contributed by atoms with Gasteiger partial charge in [0, 0.05) is 65.6 Å². The van der Waals surface area contributed by atoms with Gasteiger partial charge in [0.1, 0.15) is 5.82 Å².